The molecule has 0 spiro atoms. The zero-order valence-electron chi connectivity index (χ0n) is 9.88. The molecule has 4 nitrogen and oxygen atoms in total. The second kappa shape index (κ2) is 4.20. The lowest BCUT2D eigenvalue weighted by Crippen LogP contribution is -2.21. The average Bonchev–Trinajstić information content (AvgIpc) is 2.40. The molecule has 0 saturated heterocycles. The Kier molecular flexibility index (Phi) is 2.52. The van der Waals surface area contributed by atoms with Crippen molar-refractivity contribution in [2.75, 3.05) is 5.73 Å². The molecule has 0 aliphatic heterocycles. The maximum absolute atomic E-state index is 13.2. The van der Waals surface area contributed by atoms with Gasteiger partial charge in [-0.25, -0.2) is 4.39 Å². The lowest BCUT2D eigenvalue weighted by molar-refractivity contribution is 0.624. The summed E-state index contributed by atoms with van der Waals surface area (Å²) in [7, 11) is 0. The van der Waals surface area contributed by atoms with Gasteiger partial charge in [0.25, 0.3) is 5.56 Å². The van der Waals surface area contributed by atoms with Crippen molar-refractivity contribution in [3.05, 3.63) is 64.8 Å². The monoisotopic (exact) mass is 255 g/mol. The highest BCUT2D eigenvalue weighted by molar-refractivity contribution is 5.83. The summed E-state index contributed by atoms with van der Waals surface area (Å²) < 4.78 is 14.4. The maximum Gasteiger partial charge on any atom is 0.279 e. The van der Waals surface area contributed by atoms with Crippen molar-refractivity contribution in [3.8, 4) is 5.69 Å². The van der Waals surface area contributed by atoms with Crippen molar-refractivity contribution in [2.24, 2.45) is 0 Å². The number of hydrogen-bond donors (Lipinski definition) is 1. The van der Waals surface area contributed by atoms with Crippen LogP contribution in [0.4, 0.5) is 10.1 Å². The van der Waals surface area contributed by atoms with E-state index in [1.165, 1.54) is 18.2 Å². The predicted molar refractivity (Wildman–Crippen MR) is 71.7 cm³/mol. The highest BCUT2D eigenvalue weighted by atomic mass is 19.1. The smallest absolute Gasteiger partial charge is 0.279 e. The van der Waals surface area contributed by atoms with Gasteiger partial charge in [0.2, 0.25) is 0 Å². The van der Waals surface area contributed by atoms with E-state index in [0.29, 0.717) is 22.1 Å². The van der Waals surface area contributed by atoms with Crippen LogP contribution in [-0.2, 0) is 0 Å². The number of hydrogen-bond acceptors (Lipinski definition) is 3. The topological polar surface area (TPSA) is 60.9 Å². The van der Waals surface area contributed by atoms with Gasteiger partial charge < -0.3 is 5.73 Å². The molecule has 19 heavy (non-hydrogen) atoms. The molecule has 0 atom stereocenters. The van der Waals surface area contributed by atoms with E-state index in [1.807, 2.05) is 0 Å². The van der Waals surface area contributed by atoms with Crippen LogP contribution in [0.1, 0.15) is 0 Å². The predicted octanol–water partition coefficient (Wildman–Crippen LogP) is 2.11. The number of halogens is 1. The molecule has 0 saturated carbocycles. The van der Waals surface area contributed by atoms with Crippen molar-refractivity contribution in [1.82, 2.24) is 9.78 Å². The van der Waals surface area contributed by atoms with E-state index in [0.717, 1.165) is 4.68 Å². The van der Waals surface area contributed by atoms with Crippen LogP contribution in [0.15, 0.2) is 53.5 Å². The molecular weight excluding hydrogens is 245 g/mol. The summed E-state index contributed by atoms with van der Waals surface area (Å²) in [5.41, 5.74) is 6.24. The minimum atomic E-state index is -0.418. The van der Waals surface area contributed by atoms with Crippen LogP contribution in [-0.4, -0.2) is 9.78 Å². The van der Waals surface area contributed by atoms with Crippen molar-refractivity contribution >= 4 is 16.5 Å². The van der Waals surface area contributed by atoms with Crippen LogP contribution >= 0.6 is 0 Å². The zero-order valence-corrected chi connectivity index (χ0v) is 9.88. The first-order chi connectivity index (χ1) is 9.15. The first kappa shape index (κ1) is 11.4. The van der Waals surface area contributed by atoms with Gasteiger partial charge in [-0.1, -0.05) is 12.1 Å². The van der Waals surface area contributed by atoms with Crippen molar-refractivity contribution in [3.63, 3.8) is 0 Å². The lowest BCUT2D eigenvalue weighted by Gasteiger charge is -2.06. The van der Waals surface area contributed by atoms with Crippen molar-refractivity contribution in [2.45, 2.75) is 0 Å². The molecule has 3 rings (SSSR count). The van der Waals surface area contributed by atoms with Crippen LogP contribution < -0.4 is 11.3 Å². The second-order valence-electron chi connectivity index (χ2n) is 4.19. The number of benzene rings is 2. The minimum absolute atomic E-state index is 0.324. The third-order valence-electron chi connectivity index (χ3n) is 2.87. The number of fused-ring (bicyclic) bond motifs is 1. The fourth-order valence-electron chi connectivity index (χ4n) is 1.95. The number of rotatable bonds is 1. The van der Waals surface area contributed by atoms with Gasteiger partial charge >= 0.3 is 0 Å². The normalized spacial score (nSPS) is 10.8. The Labute approximate surface area is 107 Å². The highest BCUT2D eigenvalue weighted by Crippen LogP contribution is 2.14. The molecule has 0 amide bonds. The van der Waals surface area contributed by atoms with Gasteiger partial charge in [0, 0.05) is 11.1 Å². The Hall–Kier alpha value is -2.69. The summed E-state index contributed by atoms with van der Waals surface area (Å²) in [6.07, 6.45) is 1.56. The third-order valence-corrected chi connectivity index (χ3v) is 2.87. The fraction of sp³-hybridized carbons (Fsp3) is 0. The molecule has 5 heteroatoms. The molecule has 0 aliphatic rings. The van der Waals surface area contributed by atoms with Gasteiger partial charge in [0.15, 0.2) is 0 Å². The van der Waals surface area contributed by atoms with Crippen LogP contribution in [0, 0.1) is 5.82 Å². The molecule has 0 bridgehead atoms. The molecule has 0 unspecified atom stereocenters. The highest BCUT2D eigenvalue weighted by Gasteiger charge is 2.07. The average molecular weight is 255 g/mol. The molecule has 1 aromatic heterocycles. The minimum Gasteiger partial charge on any atom is -0.399 e. The molecule has 3 aromatic rings. The Balaban J connectivity index is 2.31. The summed E-state index contributed by atoms with van der Waals surface area (Å²) in [6.45, 7) is 0. The van der Waals surface area contributed by atoms with Crippen molar-refractivity contribution in [1.29, 1.82) is 0 Å². The van der Waals surface area contributed by atoms with Crippen molar-refractivity contribution < 1.29 is 4.39 Å². The Morgan fingerprint density at radius 1 is 1.16 bits per heavy atom. The van der Waals surface area contributed by atoms with E-state index in [-0.39, 0.29) is 5.56 Å². The summed E-state index contributed by atoms with van der Waals surface area (Å²) in [5.74, 6) is -0.418. The number of anilines is 1. The SMILES string of the molecule is Nc1ccc2cnn(-c3cccc(F)c3)c(=O)c2c1. The summed E-state index contributed by atoms with van der Waals surface area (Å²) in [6, 6.07) is 10.7. The molecule has 0 fully saturated rings. The number of nitrogens with two attached hydrogens (primary N) is 1. The van der Waals surface area contributed by atoms with Gasteiger partial charge in [-0.15, -0.1) is 0 Å². The van der Waals surface area contributed by atoms with Crippen LogP contribution in [0.5, 0.6) is 0 Å². The quantitative estimate of drug-likeness (QED) is 0.677. The van der Waals surface area contributed by atoms with Gasteiger partial charge in [-0.3, -0.25) is 4.79 Å². The number of aromatic nitrogens is 2. The molecule has 94 valence electrons. The van der Waals surface area contributed by atoms with Gasteiger partial charge in [0.1, 0.15) is 5.82 Å². The van der Waals surface area contributed by atoms with E-state index >= 15 is 0 Å². The molecule has 1 heterocycles. The van der Waals surface area contributed by atoms with Gasteiger partial charge in [-0.2, -0.15) is 9.78 Å². The maximum atomic E-state index is 13.2. The van der Waals surface area contributed by atoms with Crippen LogP contribution in [0.3, 0.4) is 0 Å². The molecular formula is C14H10FN3O. The Morgan fingerprint density at radius 3 is 2.79 bits per heavy atom. The molecule has 2 N–H and O–H groups in total. The number of nitrogens with zero attached hydrogens (tertiary/aromatic N) is 2. The summed E-state index contributed by atoms with van der Waals surface area (Å²) in [5, 5.41) is 5.20. The molecule has 2 aromatic carbocycles. The van der Waals surface area contributed by atoms with Crippen LogP contribution in [0.25, 0.3) is 16.5 Å². The lowest BCUT2D eigenvalue weighted by atomic mass is 10.2. The van der Waals surface area contributed by atoms with E-state index in [1.54, 1.807) is 30.5 Å². The molecule has 0 radical (unpaired) electrons. The summed E-state index contributed by atoms with van der Waals surface area (Å²) >= 11 is 0. The zero-order chi connectivity index (χ0) is 13.4. The second-order valence-corrected chi connectivity index (χ2v) is 4.19. The van der Waals surface area contributed by atoms with Crippen LogP contribution in [0.2, 0.25) is 0 Å². The largest absolute Gasteiger partial charge is 0.399 e. The van der Waals surface area contributed by atoms with E-state index < -0.39 is 5.82 Å². The first-order valence-electron chi connectivity index (χ1n) is 5.69. The molecule has 0 aliphatic carbocycles. The Bertz CT molecular complexity index is 826. The van der Waals surface area contributed by atoms with Gasteiger partial charge in [-0.05, 0) is 30.3 Å². The van der Waals surface area contributed by atoms with E-state index in [4.69, 9.17) is 5.73 Å². The summed E-state index contributed by atoms with van der Waals surface area (Å²) in [4.78, 5) is 12.3. The standard InChI is InChI=1S/C14H10FN3O/c15-10-2-1-3-12(6-10)18-14(19)13-7-11(16)5-4-9(13)8-17-18/h1-8H,16H2. The third kappa shape index (κ3) is 1.95. The van der Waals surface area contributed by atoms with E-state index in [9.17, 15) is 9.18 Å². The Morgan fingerprint density at radius 2 is 2.00 bits per heavy atom. The number of nitrogen functional groups attached to an aromatic ring is 1. The fourth-order valence-corrected chi connectivity index (χ4v) is 1.95. The van der Waals surface area contributed by atoms with E-state index in [2.05, 4.69) is 5.10 Å². The first-order valence-corrected chi connectivity index (χ1v) is 5.69. The van der Waals surface area contributed by atoms with Gasteiger partial charge in [0.05, 0.1) is 17.3 Å².